The molecule has 4 nitrogen and oxygen atoms in total. The van der Waals surface area contributed by atoms with Crippen LogP contribution in [0.1, 0.15) is 112 Å². The number of hydrogen-bond donors (Lipinski definition) is 0. The predicted octanol–water partition coefficient (Wildman–Crippen LogP) is 7.39. The van der Waals surface area contributed by atoms with E-state index in [1.54, 1.807) is 6.92 Å². The molecule has 1 spiro atoms. The number of hydrogen-bond acceptors (Lipinski definition) is 4. The number of carbonyl (C=O) groups excluding carboxylic acids is 1. The summed E-state index contributed by atoms with van der Waals surface area (Å²) in [5, 5.41) is 0. The van der Waals surface area contributed by atoms with Crippen LogP contribution in [0.25, 0.3) is 0 Å². The Morgan fingerprint density at radius 1 is 0.943 bits per heavy atom. The number of carbonyl (C=O) groups is 1. The van der Waals surface area contributed by atoms with Crippen molar-refractivity contribution in [2.45, 2.75) is 124 Å². The SMILES string of the molecule is CC(=O)OC1CCC2(C)C3CCC4(C)C(C(C)CCCC(C)C)CCC4C3CC3(OCCO3)C2C1. The van der Waals surface area contributed by atoms with E-state index in [1.165, 1.54) is 44.9 Å². The fraction of sp³-hybridized carbons (Fsp3) is 0.968. The third kappa shape index (κ3) is 4.41. The first-order valence-corrected chi connectivity index (χ1v) is 15.0. The maximum atomic E-state index is 11.8. The fourth-order valence-electron chi connectivity index (χ4n) is 10.4. The van der Waals surface area contributed by atoms with Gasteiger partial charge in [-0.1, -0.05) is 53.9 Å². The Kier molecular flexibility index (Phi) is 7.14. The summed E-state index contributed by atoms with van der Waals surface area (Å²) >= 11 is 0. The summed E-state index contributed by atoms with van der Waals surface area (Å²) in [7, 11) is 0. The minimum atomic E-state index is -0.464. The Morgan fingerprint density at radius 2 is 1.63 bits per heavy atom. The largest absolute Gasteiger partial charge is 0.463 e. The molecule has 5 rings (SSSR count). The molecular weight excluding hydrogens is 436 g/mol. The second-order valence-corrected chi connectivity index (χ2v) is 14.2. The van der Waals surface area contributed by atoms with Gasteiger partial charge in [-0.3, -0.25) is 4.79 Å². The van der Waals surface area contributed by atoms with Crippen LogP contribution in [-0.4, -0.2) is 31.1 Å². The minimum absolute atomic E-state index is 0.0169. The first kappa shape index (κ1) is 26.0. The summed E-state index contributed by atoms with van der Waals surface area (Å²) in [5.74, 6) is 4.48. The van der Waals surface area contributed by atoms with E-state index in [0.717, 1.165) is 55.3 Å². The van der Waals surface area contributed by atoms with Gasteiger partial charge in [0.2, 0.25) is 0 Å². The average Bonchev–Trinajstić information content (AvgIpc) is 3.39. The molecule has 5 fully saturated rings. The van der Waals surface area contributed by atoms with Gasteiger partial charge in [-0.25, -0.2) is 0 Å². The van der Waals surface area contributed by atoms with Crippen LogP contribution in [0.3, 0.4) is 0 Å². The van der Waals surface area contributed by atoms with Gasteiger partial charge in [-0.2, -0.15) is 0 Å². The monoisotopic (exact) mass is 488 g/mol. The van der Waals surface area contributed by atoms with E-state index in [-0.39, 0.29) is 17.5 Å². The van der Waals surface area contributed by atoms with Gasteiger partial charge in [0, 0.05) is 19.3 Å². The Labute approximate surface area is 214 Å². The lowest BCUT2D eigenvalue weighted by atomic mass is 9.43. The van der Waals surface area contributed by atoms with Gasteiger partial charge >= 0.3 is 5.97 Å². The number of esters is 1. The predicted molar refractivity (Wildman–Crippen MR) is 139 cm³/mol. The zero-order valence-electron chi connectivity index (χ0n) is 23.4. The fourth-order valence-corrected chi connectivity index (χ4v) is 10.4. The molecule has 200 valence electrons. The first-order valence-electron chi connectivity index (χ1n) is 15.0. The van der Waals surface area contributed by atoms with E-state index < -0.39 is 5.79 Å². The molecule has 4 saturated carbocycles. The van der Waals surface area contributed by atoms with Crippen LogP contribution in [0.4, 0.5) is 0 Å². The number of fused-ring (bicyclic) bond motifs is 6. The second-order valence-electron chi connectivity index (χ2n) is 14.2. The highest BCUT2D eigenvalue weighted by molar-refractivity contribution is 5.66. The third-order valence-corrected chi connectivity index (χ3v) is 11.9. The second kappa shape index (κ2) is 9.61. The molecular formula is C31H52O4. The first-order chi connectivity index (χ1) is 16.6. The maximum Gasteiger partial charge on any atom is 0.302 e. The Balaban J connectivity index is 1.38. The lowest BCUT2D eigenvalue weighted by Gasteiger charge is -2.65. The third-order valence-electron chi connectivity index (χ3n) is 11.9. The average molecular weight is 489 g/mol. The van der Waals surface area contributed by atoms with Crippen molar-refractivity contribution in [3.05, 3.63) is 0 Å². The van der Waals surface area contributed by atoms with Crippen molar-refractivity contribution in [3.8, 4) is 0 Å². The standard InChI is InChI=1S/C31H52O4/c1-20(2)8-7-9-21(3)25-10-11-26-24-19-31(33-16-17-34-31)28-18-23(35-22(4)32)12-14-30(28,6)27(24)13-15-29(25,26)5/h20-21,23-28H,7-19H2,1-6H3. The summed E-state index contributed by atoms with van der Waals surface area (Å²) in [4.78, 5) is 11.8. The van der Waals surface area contributed by atoms with Crippen molar-refractivity contribution in [2.24, 2.45) is 52.3 Å². The number of ether oxygens (including phenoxy) is 3. The summed E-state index contributed by atoms with van der Waals surface area (Å²) in [5.41, 5.74) is 0.683. The van der Waals surface area contributed by atoms with E-state index in [2.05, 4.69) is 34.6 Å². The van der Waals surface area contributed by atoms with Crippen LogP contribution in [0, 0.1) is 52.3 Å². The van der Waals surface area contributed by atoms with Crippen LogP contribution in [-0.2, 0) is 19.0 Å². The van der Waals surface area contributed by atoms with E-state index in [0.29, 0.717) is 30.5 Å². The van der Waals surface area contributed by atoms with Crippen molar-refractivity contribution in [1.29, 1.82) is 0 Å². The molecule has 1 saturated heterocycles. The van der Waals surface area contributed by atoms with Crippen molar-refractivity contribution in [1.82, 2.24) is 0 Å². The van der Waals surface area contributed by atoms with Gasteiger partial charge in [0.1, 0.15) is 6.10 Å². The molecule has 0 aromatic rings. The molecule has 9 atom stereocenters. The van der Waals surface area contributed by atoms with E-state index >= 15 is 0 Å². The molecule has 4 aliphatic carbocycles. The topological polar surface area (TPSA) is 44.8 Å². The molecule has 0 aromatic heterocycles. The summed E-state index contributed by atoms with van der Waals surface area (Å²) in [6.45, 7) is 15.5. The molecule has 0 aromatic carbocycles. The molecule has 4 heteroatoms. The van der Waals surface area contributed by atoms with Crippen molar-refractivity contribution in [2.75, 3.05) is 13.2 Å². The van der Waals surface area contributed by atoms with E-state index in [1.807, 2.05) is 0 Å². The van der Waals surface area contributed by atoms with Crippen LogP contribution in [0.2, 0.25) is 0 Å². The molecule has 1 aliphatic heterocycles. The summed E-state index contributed by atoms with van der Waals surface area (Å²) in [6.07, 6.45) is 13.8. The lowest BCUT2D eigenvalue weighted by molar-refractivity contribution is -0.298. The normalized spacial score (nSPS) is 45.1. The van der Waals surface area contributed by atoms with Crippen LogP contribution < -0.4 is 0 Å². The maximum absolute atomic E-state index is 11.8. The Morgan fingerprint density at radius 3 is 2.31 bits per heavy atom. The highest BCUT2D eigenvalue weighted by atomic mass is 16.7. The van der Waals surface area contributed by atoms with Gasteiger partial charge in [0.15, 0.2) is 5.79 Å². The van der Waals surface area contributed by atoms with Gasteiger partial charge in [0.05, 0.1) is 13.2 Å². The van der Waals surface area contributed by atoms with Gasteiger partial charge in [-0.15, -0.1) is 0 Å². The van der Waals surface area contributed by atoms with Gasteiger partial charge < -0.3 is 14.2 Å². The van der Waals surface area contributed by atoms with Crippen LogP contribution >= 0.6 is 0 Å². The lowest BCUT2D eigenvalue weighted by Crippen LogP contribution is -2.63. The van der Waals surface area contributed by atoms with Crippen LogP contribution in [0.5, 0.6) is 0 Å². The van der Waals surface area contributed by atoms with Crippen molar-refractivity contribution < 1.29 is 19.0 Å². The van der Waals surface area contributed by atoms with E-state index in [9.17, 15) is 4.79 Å². The zero-order chi connectivity index (χ0) is 25.0. The summed E-state index contributed by atoms with van der Waals surface area (Å²) < 4.78 is 18.9. The molecule has 5 aliphatic rings. The smallest absolute Gasteiger partial charge is 0.302 e. The molecule has 0 amide bonds. The molecule has 35 heavy (non-hydrogen) atoms. The minimum Gasteiger partial charge on any atom is -0.463 e. The molecule has 0 radical (unpaired) electrons. The summed E-state index contributed by atoms with van der Waals surface area (Å²) in [6, 6.07) is 0. The number of rotatable bonds is 6. The van der Waals surface area contributed by atoms with Crippen molar-refractivity contribution in [3.63, 3.8) is 0 Å². The molecule has 0 N–H and O–H groups in total. The highest BCUT2D eigenvalue weighted by Crippen LogP contribution is 2.71. The van der Waals surface area contributed by atoms with Gasteiger partial charge in [0.25, 0.3) is 0 Å². The molecule has 0 bridgehead atoms. The van der Waals surface area contributed by atoms with Crippen molar-refractivity contribution >= 4 is 5.97 Å². The zero-order valence-corrected chi connectivity index (χ0v) is 23.4. The van der Waals surface area contributed by atoms with Gasteiger partial charge in [-0.05, 0) is 91.3 Å². The molecule has 1 heterocycles. The molecule has 9 unspecified atom stereocenters. The Hall–Kier alpha value is -0.610. The van der Waals surface area contributed by atoms with Crippen LogP contribution in [0.15, 0.2) is 0 Å². The quantitative estimate of drug-likeness (QED) is 0.366. The Bertz CT molecular complexity index is 772. The highest BCUT2D eigenvalue weighted by Gasteiger charge is 2.68. The van der Waals surface area contributed by atoms with E-state index in [4.69, 9.17) is 14.2 Å².